The summed E-state index contributed by atoms with van der Waals surface area (Å²) in [5.74, 6) is -2.76. The molecule has 1 aromatic carbocycles. The molecule has 0 unspecified atom stereocenters. The number of benzene rings is 1. The van der Waals surface area contributed by atoms with E-state index in [1.165, 1.54) is 11.1 Å². The zero-order valence-electron chi connectivity index (χ0n) is 8.87. The third-order valence-corrected chi connectivity index (χ3v) is 2.33. The second-order valence-corrected chi connectivity index (χ2v) is 3.74. The maximum atomic E-state index is 10.6. The second-order valence-electron chi connectivity index (χ2n) is 3.74. The molecule has 0 atom stereocenters. The van der Waals surface area contributed by atoms with E-state index in [2.05, 4.69) is 24.3 Å². The van der Waals surface area contributed by atoms with Crippen LogP contribution < -0.4 is 5.73 Å². The average molecular weight is 247 g/mol. The van der Waals surface area contributed by atoms with Gasteiger partial charge in [0.05, 0.1) is 0 Å². The van der Waals surface area contributed by atoms with Crippen molar-refractivity contribution in [2.24, 2.45) is 5.73 Å². The van der Waals surface area contributed by atoms with Gasteiger partial charge in [-0.2, -0.15) is 13.2 Å². The summed E-state index contributed by atoms with van der Waals surface area (Å²) in [6.45, 7) is 0. The van der Waals surface area contributed by atoms with Crippen molar-refractivity contribution < 1.29 is 23.1 Å². The van der Waals surface area contributed by atoms with E-state index in [1.54, 1.807) is 0 Å². The van der Waals surface area contributed by atoms with Gasteiger partial charge in [0, 0.05) is 6.04 Å². The molecule has 3 N–H and O–H groups in total. The monoisotopic (exact) mass is 247 g/mol. The maximum Gasteiger partial charge on any atom is 0.490 e. The molecule has 1 aliphatic rings. The first kappa shape index (κ1) is 13.5. The quantitative estimate of drug-likeness (QED) is 0.734. The van der Waals surface area contributed by atoms with Gasteiger partial charge in [0.25, 0.3) is 0 Å². The van der Waals surface area contributed by atoms with Crippen LogP contribution in [0.1, 0.15) is 11.1 Å². The predicted octanol–water partition coefficient (Wildman–Crippen LogP) is 1.75. The molecule has 1 aromatic rings. The van der Waals surface area contributed by atoms with Gasteiger partial charge in [0.2, 0.25) is 0 Å². The first-order valence-electron chi connectivity index (χ1n) is 4.93. The normalized spacial score (nSPS) is 14.8. The molecule has 0 saturated heterocycles. The van der Waals surface area contributed by atoms with Crippen molar-refractivity contribution in [3.63, 3.8) is 0 Å². The molecule has 0 amide bonds. The molecule has 94 valence electrons. The molecule has 0 aliphatic heterocycles. The van der Waals surface area contributed by atoms with Gasteiger partial charge >= 0.3 is 12.1 Å². The highest BCUT2D eigenvalue weighted by Crippen LogP contribution is 2.19. The van der Waals surface area contributed by atoms with Gasteiger partial charge in [-0.1, -0.05) is 24.3 Å². The SMILES string of the molecule is NC1Cc2ccccc2C1.O=C(O)C(F)(F)F. The van der Waals surface area contributed by atoms with E-state index < -0.39 is 12.1 Å². The Hall–Kier alpha value is -1.56. The van der Waals surface area contributed by atoms with E-state index in [4.69, 9.17) is 15.6 Å². The topological polar surface area (TPSA) is 63.3 Å². The van der Waals surface area contributed by atoms with Gasteiger partial charge in [0.15, 0.2) is 0 Å². The Balaban J connectivity index is 0.000000185. The minimum absolute atomic E-state index is 0.373. The van der Waals surface area contributed by atoms with Crippen molar-refractivity contribution in [3.8, 4) is 0 Å². The maximum absolute atomic E-state index is 10.6. The molecule has 0 saturated carbocycles. The number of hydrogen-bond donors (Lipinski definition) is 2. The van der Waals surface area contributed by atoms with Crippen LogP contribution in [0.25, 0.3) is 0 Å². The molecule has 17 heavy (non-hydrogen) atoms. The summed E-state index contributed by atoms with van der Waals surface area (Å²) in [4.78, 5) is 8.90. The van der Waals surface area contributed by atoms with Crippen LogP contribution in [-0.4, -0.2) is 23.3 Å². The molecular formula is C11H12F3NO2. The smallest absolute Gasteiger partial charge is 0.475 e. The predicted molar refractivity (Wildman–Crippen MR) is 55.5 cm³/mol. The molecule has 0 bridgehead atoms. The van der Waals surface area contributed by atoms with E-state index in [-0.39, 0.29) is 0 Å². The molecule has 0 spiro atoms. The van der Waals surface area contributed by atoms with Gasteiger partial charge in [-0.15, -0.1) is 0 Å². The van der Waals surface area contributed by atoms with E-state index in [0.29, 0.717) is 6.04 Å². The number of halogens is 3. The fourth-order valence-corrected chi connectivity index (χ4v) is 1.59. The summed E-state index contributed by atoms with van der Waals surface area (Å²) in [7, 11) is 0. The highest BCUT2D eigenvalue weighted by atomic mass is 19.4. The Bertz CT molecular complexity index is 379. The number of aliphatic carboxylic acids is 1. The van der Waals surface area contributed by atoms with Crippen LogP contribution in [0.3, 0.4) is 0 Å². The second kappa shape index (κ2) is 5.18. The van der Waals surface area contributed by atoms with Gasteiger partial charge in [-0.05, 0) is 24.0 Å². The molecule has 2 rings (SSSR count). The third kappa shape index (κ3) is 4.07. The van der Waals surface area contributed by atoms with Crippen molar-refractivity contribution in [1.82, 2.24) is 0 Å². The number of carboxylic acids is 1. The van der Waals surface area contributed by atoms with E-state index in [1.807, 2.05) is 0 Å². The summed E-state index contributed by atoms with van der Waals surface area (Å²) >= 11 is 0. The summed E-state index contributed by atoms with van der Waals surface area (Å²) in [6, 6.07) is 8.87. The fourth-order valence-electron chi connectivity index (χ4n) is 1.59. The van der Waals surface area contributed by atoms with E-state index in [0.717, 1.165) is 12.8 Å². The standard InChI is InChI=1S/C9H11N.C2HF3O2/c10-9-5-7-3-1-2-4-8(7)6-9;3-2(4,5)1(6)7/h1-4,9H,5-6,10H2;(H,6,7). The Labute approximate surface area is 96.0 Å². The van der Waals surface area contributed by atoms with Crippen molar-refractivity contribution in [3.05, 3.63) is 35.4 Å². The lowest BCUT2D eigenvalue weighted by Crippen LogP contribution is -2.21. The molecule has 1 aliphatic carbocycles. The average Bonchev–Trinajstić information content (AvgIpc) is 2.57. The van der Waals surface area contributed by atoms with Gasteiger partial charge < -0.3 is 10.8 Å². The number of carbonyl (C=O) groups is 1. The summed E-state index contributed by atoms with van der Waals surface area (Å²) in [6.07, 6.45) is -2.95. The minimum Gasteiger partial charge on any atom is -0.475 e. The highest BCUT2D eigenvalue weighted by molar-refractivity contribution is 5.73. The van der Waals surface area contributed by atoms with Crippen molar-refractivity contribution in [2.75, 3.05) is 0 Å². The summed E-state index contributed by atoms with van der Waals surface area (Å²) < 4.78 is 31.7. The number of rotatable bonds is 0. The number of hydrogen-bond acceptors (Lipinski definition) is 2. The van der Waals surface area contributed by atoms with Crippen LogP contribution in [0.15, 0.2) is 24.3 Å². The Kier molecular flexibility index (Phi) is 4.11. The highest BCUT2D eigenvalue weighted by Gasteiger charge is 2.38. The largest absolute Gasteiger partial charge is 0.490 e. The van der Waals surface area contributed by atoms with Crippen LogP contribution in [0.5, 0.6) is 0 Å². The minimum atomic E-state index is -5.08. The van der Waals surface area contributed by atoms with E-state index in [9.17, 15) is 13.2 Å². The number of nitrogens with two attached hydrogens (primary N) is 1. The molecule has 0 heterocycles. The van der Waals surface area contributed by atoms with Gasteiger partial charge in [-0.25, -0.2) is 4.79 Å². The first-order valence-corrected chi connectivity index (χ1v) is 4.93. The summed E-state index contributed by atoms with van der Waals surface area (Å²) in [5.41, 5.74) is 8.66. The van der Waals surface area contributed by atoms with Crippen molar-refractivity contribution >= 4 is 5.97 Å². The van der Waals surface area contributed by atoms with Crippen molar-refractivity contribution in [1.29, 1.82) is 0 Å². The number of carboxylic acid groups (broad SMARTS) is 1. The molecule has 3 nitrogen and oxygen atoms in total. The lowest BCUT2D eigenvalue weighted by Gasteiger charge is -1.94. The third-order valence-electron chi connectivity index (χ3n) is 2.33. The van der Waals surface area contributed by atoms with E-state index >= 15 is 0 Å². The molecule has 0 aromatic heterocycles. The Morgan fingerprint density at radius 3 is 1.88 bits per heavy atom. The van der Waals surface area contributed by atoms with Gasteiger partial charge in [-0.3, -0.25) is 0 Å². The van der Waals surface area contributed by atoms with Crippen molar-refractivity contribution in [2.45, 2.75) is 25.1 Å². The molecule has 0 fully saturated rings. The van der Waals surface area contributed by atoms with Crippen LogP contribution in [0, 0.1) is 0 Å². The molecule has 6 heteroatoms. The van der Waals surface area contributed by atoms with Crippen LogP contribution in [0.4, 0.5) is 13.2 Å². The van der Waals surface area contributed by atoms with Gasteiger partial charge in [0.1, 0.15) is 0 Å². The Morgan fingerprint density at radius 1 is 1.24 bits per heavy atom. The fraction of sp³-hybridized carbons (Fsp3) is 0.364. The zero-order valence-corrected chi connectivity index (χ0v) is 8.87. The molecular weight excluding hydrogens is 235 g/mol. The van der Waals surface area contributed by atoms with Crippen LogP contribution >= 0.6 is 0 Å². The number of alkyl halides is 3. The van der Waals surface area contributed by atoms with Crippen LogP contribution in [-0.2, 0) is 17.6 Å². The Morgan fingerprint density at radius 2 is 1.59 bits per heavy atom. The first-order chi connectivity index (χ1) is 7.80. The molecule has 0 radical (unpaired) electrons. The van der Waals surface area contributed by atoms with Crippen LogP contribution in [0.2, 0.25) is 0 Å². The lowest BCUT2D eigenvalue weighted by molar-refractivity contribution is -0.192. The lowest BCUT2D eigenvalue weighted by atomic mass is 10.1. The summed E-state index contributed by atoms with van der Waals surface area (Å²) in [5, 5.41) is 7.12. The zero-order chi connectivity index (χ0) is 13.1. The number of fused-ring (bicyclic) bond motifs is 1.